The lowest BCUT2D eigenvalue weighted by atomic mass is 10.2. The van der Waals surface area contributed by atoms with Crippen LogP contribution in [-0.4, -0.2) is 24.4 Å². The van der Waals surface area contributed by atoms with Crippen LogP contribution in [0.1, 0.15) is 5.69 Å². The third kappa shape index (κ3) is 1.61. The van der Waals surface area contributed by atoms with E-state index in [1.165, 1.54) is 0 Å². The molecule has 0 aliphatic carbocycles. The second-order valence-electron chi connectivity index (χ2n) is 3.95. The normalized spacial score (nSPS) is 11.2. The third-order valence-electron chi connectivity index (χ3n) is 2.60. The van der Waals surface area contributed by atoms with Gasteiger partial charge in [0.25, 0.3) is 0 Å². The number of rotatable bonds is 1. The second-order valence-corrected chi connectivity index (χ2v) is 4.41. The number of thiol groups is 1. The number of nitrogens with zero attached hydrogens (tertiary/aromatic N) is 5. The van der Waals surface area contributed by atoms with Crippen molar-refractivity contribution in [1.29, 1.82) is 0 Å². The van der Waals surface area contributed by atoms with Gasteiger partial charge in [-0.25, -0.2) is 9.50 Å². The zero-order valence-electron chi connectivity index (χ0n) is 9.49. The Bertz CT molecular complexity index is 697. The van der Waals surface area contributed by atoms with Crippen molar-refractivity contribution < 1.29 is 0 Å². The summed E-state index contributed by atoms with van der Waals surface area (Å²) in [4.78, 5) is 4.50. The molecule has 3 aromatic heterocycles. The van der Waals surface area contributed by atoms with Crippen molar-refractivity contribution in [2.75, 3.05) is 0 Å². The van der Waals surface area contributed by atoms with Crippen LogP contribution in [0.5, 0.6) is 0 Å². The van der Waals surface area contributed by atoms with Crippen molar-refractivity contribution in [3.8, 4) is 11.1 Å². The maximum atomic E-state index is 4.50. The largest absolute Gasteiger partial charge is 0.275 e. The lowest BCUT2D eigenvalue weighted by Gasteiger charge is -2.00. The van der Waals surface area contributed by atoms with E-state index < -0.39 is 0 Å². The quantitative estimate of drug-likeness (QED) is 0.524. The topological polar surface area (TPSA) is 48.0 Å². The Labute approximate surface area is 104 Å². The molecule has 17 heavy (non-hydrogen) atoms. The molecule has 0 aliphatic heterocycles. The summed E-state index contributed by atoms with van der Waals surface area (Å²) >= 11 is 4.39. The summed E-state index contributed by atoms with van der Waals surface area (Å²) in [5.41, 5.74) is 3.71. The van der Waals surface area contributed by atoms with Gasteiger partial charge in [0, 0.05) is 30.1 Å². The summed E-state index contributed by atoms with van der Waals surface area (Å²) < 4.78 is 3.48. The number of hydrogen-bond acceptors (Lipinski definition) is 4. The lowest BCUT2D eigenvalue weighted by Crippen LogP contribution is -1.95. The van der Waals surface area contributed by atoms with E-state index in [0.717, 1.165) is 27.5 Å². The van der Waals surface area contributed by atoms with Gasteiger partial charge in [-0.3, -0.25) is 4.68 Å². The first-order valence-corrected chi connectivity index (χ1v) is 5.63. The van der Waals surface area contributed by atoms with Crippen molar-refractivity contribution in [2.45, 2.75) is 11.9 Å². The third-order valence-corrected chi connectivity index (χ3v) is 2.92. The van der Waals surface area contributed by atoms with Crippen molar-refractivity contribution in [3.63, 3.8) is 0 Å². The van der Waals surface area contributed by atoms with Gasteiger partial charge in [0.15, 0.2) is 5.65 Å². The summed E-state index contributed by atoms with van der Waals surface area (Å²) in [6.45, 7) is 1.94. The van der Waals surface area contributed by atoms with Crippen LogP contribution in [0.4, 0.5) is 0 Å². The molecule has 0 aliphatic rings. The fraction of sp³-hybridized carbons (Fsp3) is 0.182. The first kappa shape index (κ1) is 10.3. The number of aryl methyl sites for hydroxylation is 2. The van der Waals surface area contributed by atoms with Crippen LogP contribution in [0, 0.1) is 6.92 Å². The SMILES string of the molecule is Cc1cc(S)n2ncc(-c3cnn(C)c3)c2n1. The Morgan fingerprint density at radius 2 is 2.06 bits per heavy atom. The summed E-state index contributed by atoms with van der Waals surface area (Å²) in [5.74, 6) is 0. The molecule has 0 atom stereocenters. The predicted octanol–water partition coefficient (Wildman–Crippen LogP) is 1.73. The Hall–Kier alpha value is -1.82. The molecule has 3 aromatic rings. The van der Waals surface area contributed by atoms with Gasteiger partial charge in [-0.2, -0.15) is 10.2 Å². The molecule has 0 fully saturated rings. The molecule has 5 nitrogen and oxygen atoms in total. The van der Waals surface area contributed by atoms with Gasteiger partial charge < -0.3 is 0 Å². The lowest BCUT2D eigenvalue weighted by molar-refractivity contribution is 0.768. The van der Waals surface area contributed by atoms with Crippen LogP contribution in [0.3, 0.4) is 0 Å². The Morgan fingerprint density at radius 3 is 2.76 bits per heavy atom. The monoisotopic (exact) mass is 245 g/mol. The minimum absolute atomic E-state index is 0.780. The van der Waals surface area contributed by atoms with E-state index >= 15 is 0 Å². The Morgan fingerprint density at radius 1 is 1.24 bits per heavy atom. The van der Waals surface area contributed by atoms with E-state index in [9.17, 15) is 0 Å². The van der Waals surface area contributed by atoms with E-state index in [2.05, 4.69) is 27.8 Å². The van der Waals surface area contributed by atoms with Crippen LogP contribution in [0.25, 0.3) is 16.8 Å². The molecule has 0 spiro atoms. The molecule has 0 radical (unpaired) electrons. The summed E-state index contributed by atoms with van der Waals surface area (Å²) in [7, 11) is 1.89. The average Bonchev–Trinajstić information content (AvgIpc) is 2.83. The molecule has 0 saturated carbocycles. The standard InChI is InChI=1S/C11H11N5S/c1-7-3-10(17)16-11(14-7)9(5-13-16)8-4-12-15(2)6-8/h3-6,17H,1-2H3. The highest BCUT2D eigenvalue weighted by Gasteiger charge is 2.11. The molecule has 0 N–H and O–H groups in total. The van der Waals surface area contributed by atoms with Crippen LogP contribution in [0.15, 0.2) is 29.7 Å². The maximum Gasteiger partial charge on any atom is 0.164 e. The van der Waals surface area contributed by atoms with Crippen molar-refractivity contribution in [2.24, 2.45) is 7.05 Å². The fourth-order valence-corrected chi connectivity index (χ4v) is 2.16. The highest BCUT2D eigenvalue weighted by Crippen LogP contribution is 2.24. The molecular weight excluding hydrogens is 234 g/mol. The zero-order chi connectivity index (χ0) is 12.0. The van der Waals surface area contributed by atoms with Crippen molar-refractivity contribution >= 4 is 18.3 Å². The van der Waals surface area contributed by atoms with E-state index in [4.69, 9.17) is 0 Å². The van der Waals surface area contributed by atoms with Gasteiger partial charge in [-0.15, -0.1) is 12.6 Å². The first-order valence-electron chi connectivity index (χ1n) is 5.18. The molecule has 0 bridgehead atoms. The molecule has 3 rings (SSSR count). The van der Waals surface area contributed by atoms with Crippen LogP contribution >= 0.6 is 12.6 Å². The smallest absolute Gasteiger partial charge is 0.164 e. The van der Waals surface area contributed by atoms with Gasteiger partial charge in [0.1, 0.15) is 0 Å². The van der Waals surface area contributed by atoms with Crippen molar-refractivity contribution in [1.82, 2.24) is 24.4 Å². The van der Waals surface area contributed by atoms with Gasteiger partial charge >= 0.3 is 0 Å². The number of hydrogen-bond donors (Lipinski definition) is 1. The highest BCUT2D eigenvalue weighted by molar-refractivity contribution is 7.80. The minimum atomic E-state index is 0.780. The minimum Gasteiger partial charge on any atom is -0.275 e. The Balaban J connectivity index is 2.31. The summed E-state index contributed by atoms with van der Waals surface area (Å²) in [6.07, 6.45) is 5.54. The van der Waals surface area contributed by atoms with E-state index in [-0.39, 0.29) is 0 Å². The first-order chi connectivity index (χ1) is 8.15. The van der Waals surface area contributed by atoms with E-state index in [0.29, 0.717) is 0 Å². The number of aromatic nitrogens is 5. The molecule has 3 heterocycles. The predicted molar refractivity (Wildman–Crippen MR) is 67.2 cm³/mol. The van der Waals surface area contributed by atoms with Crippen LogP contribution in [-0.2, 0) is 7.05 Å². The van der Waals surface area contributed by atoms with Crippen molar-refractivity contribution in [3.05, 3.63) is 30.4 Å². The molecule has 6 heteroatoms. The average molecular weight is 245 g/mol. The molecule has 0 aromatic carbocycles. The molecule has 86 valence electrons. The van der Waals surface area contributed by atoms with Gasteiger partial charge in [0.2, 0.25) is 0 Å². The second kappa shape index (κ2) is 3.59. The van der Waals surface area contributed by atoms with Crippen LogP contribution < -0.4 is 0 Å². The Kier molecular flexibility index (Phi) is 2.19. The maximum absolute atomic E-state index is 4.50. The molecule has 0 amide bonds. The number of fused-ring (bicyclic) bond motifs is 1. The van der Waals surface area contributed by atoms with Gasteiger partial charge in [0.05, 0.1) is 17.4 Å². The molecular formula is C11H11N5S. The van der Waals surface area contributed by atoms with E-state index in [1.54, 1.807) is 21.6 Å². The summed E-state index contributed by atoms with van der Waals surface area (Å²) in [5, 5.41) is 9.22. The summed E-state index contributed by atoms with van der Waals surface area (Å²) in [6, 6.07) is 1.89. The fourth-order valence-electron chi connectivity index (χ4n) is 1.83. The zero-order valence-corrected chi connectivity index (χ0v) is 10.4. The van der Waals surface area contributed by atoms with Gasteiger partial charge in [-0.05, 0) is 13.0 Å². The molecule has 0 unspecified atom stereocenters. The van der Waals surface area contributed by atoms with Gasteiger partial charge in [-0.1, -0.05) is 0 Å². The van der Waals surface area contributed by atoms with Crippen LogP contribution in [0.2, 0.25) is 0 Å². The van der Waals surface area contributed by atoms with E-state index in [1.807, 2.05) is 26.2 Å². The molecule has 0 saturated heterocycles. The highest BCUT2D eigenvalue weighted by atomic mass is 32.1.